The van der Waals surface area contributed by atoms with Crippen molar-refractivity contribution in [3.63, 3.8) is 0 Å². The summed E-state index contributed by atoms with van der Waals surface area (Å²) in [5.41, 5.74) is 3.08. The Hall–Kier alpha value is -1.35. The average molecular weight is 230 g/mol. The zero-order chi connectivity index (χ0) is 12.0. The van der Waals surface area contributed by atoms with Crippen LogP contribution >= 0.6 is 0 Å². The van der Waals surface area contributed by atoms with E-state index < -0.39 is 0 Å². The molecule has 1 aromatic carbocycles. The van der Waals surface area contributed by atoms with E-state index in [9.17, 15) is 4.79 Å². The van der Waals surface area contributed by atoms with Crippen LogP contribution in [0.1, 0.15) is 21.5 Å². The van der Waals surface area contributed by atoms with Crippen LogP contribution in [0.2, 0.25) is 0 Å². The van der Waals surface area contributed by atoms with Crippen LogP contribution in [0.5, 0.6) is 0 Å². The van der Waals surface area contributed by atoms with Crippen molar-refractivity contribution in [3.05, 3.63) is 34.9 Å². The van der Waals surface area contributed by atoms with Crippen LogP contribution in [-0.4, -0.2) is 25.0 Å². The molecule has 17 heavy (non-hydrogen) atoms. The van der Waals surface area contributed by atoms with Crippen molar-refractivity contribution in [1.29, 1.82) is 0 Å². The Kier molecular flexibility index (Phi) is 2.44. The summed E-state index contributed by atoms with van der Waals surface area (Å²) in [6, 6.07) is 6.39. The van der Waals surface area contributed by atoms with E-state index in [0.29, 0.717) is 17.9 Å². The summed E-state index contributed by atoms with van der Waals surface area (Å²) in [5.74, 6) is 1.43. The molecule has 1 amide bonds. The molecule has 1 heterocycles. The summed E-state index contributed by atoms with van der Waals surface area (Å²) < 4.78 is 0. The van der Waals surface area contributed by atoms with Crippen LogP contribution in [0.15, 0.2) is 18.2 Å². The predicted octanol–water partition coefficient (Wildman–Crippen LogP) is 1.25. The minimum atomic E-state index is 0.0851. The van der Waals surface area contributed by atoms with E-state index in [0.717, 1.165) is 24.2 Å². The number of benzene rings is 1. The molecule has 3 heteroatoms. The Bertz CT molecular complexity index is 459. The molecular weight excluding hydrogens is 212 g/mol. The Balaban J connectivity index is 1.70. The molecule has 0 radical (unpaired) electrons. The molecule has 0 spiro atoms. The van der Waals surface area contributed by atoms with E-state index in [1.54, 1.807) is 0 Å². The van der Waals surface area contributed by atoms with Crippen LogP contribution in [0.25, 0.3) is 0 Å². The van der Waals surface area contributed by atoms with E-state index >= 15 is 0 Å². The maximum atomic E-state index is 12.1. The lowest BCUT2D eigenvalue weighted by molar-refractivity contribution is 0.0946. The van der Waals surface area contributed by atoms with Gasteiger partial charge >= 0.3 is 0 Å². The number of hydrogen-bond acceptors (Lipinski definition) is 2. The minimum Gasteiger partial charge on any atom is -0.349 e. The second-order valence-corrected chi connectivity index (χ2v) is 5.30. The van der Waals surface area contributed by atoms with Crippen LogP contribution < -0.4 is 10.6 Å². The standard InChI is InChI=1S/C14H18N2O/c1-8-3-4-10(9(2)5-8)14(17)16-13-11-6-15-7-12(11)13/h3-5,11-13,15H,6-7H2,1-2H3,(H,16,17). The van der Waals surface area contributed by atoms with E-state index in [2.05, 4.69) is 16.7 Å². The number of nitrogens with one attached hydrogen (secondary N) is 2. The molecule has 1 aliphatic carbocycles. The number of piperidine rings is 1. The Morgan fingerprint density at radius 2 is 2.00 bits per heavy atom. The number of fused-ring (bicyclic) bond motifs is 1. The molecule has 1 saturated carbocycles. The molecule has 2 fully saturated rings. The quantitative estimate of drug-likeness (QED) is 0.803. The van der Waals surface area contributed by atoms with Crippen molar-refractivity contribution in [2.75, 3.05) is 13.1 Å². The first kappa shape index (κ1) is 10.8. The van der Waals surface area contributed by atoms with Gasteiger partial charge in [0.15, 0.2) is 0 Å². The van der Waals surface area contributed by atoms with Gasteiger partial charge in [0.2, 0.25) is 0 Å². The molecule has 1 aromatic rings. The maximum Gasteiger partial charge on any atom is 0.251 e. The summed E-state index contributed by atoms with van der Waals surface area (Å²) in [5, 5.41) is 6.49. The topological polar surface area (TPSA) is 41.1 Å². The first-order valence-electron chi connectivity index (χ1n) is 6.25. The molecule has 2 unspecified atom stereocenters. The second-order valence-electron chi connectivity index (χ2n) is 5.30. The Morgan fingerprint density at radius 1 is 1.29 bits per heavy atom. The predicted molar refractivity (Wildman–Crippen MR) is 67.0 cm³/mol. The van der Waals surface area contributed by atoms with Gasteiger partial charge < -0.3 is 10.6 Å². The van der Waals surface area contributed by atoms with Gasteiger partial charge in [-0.15, -0.1) is 0 Å². The third-order valence-corrected chi connectivity index (χ3v) is 4.02. The first-order chi connectivity index (χ1) is 8.16. The lowest BCUT2D eigenvalue weighted by Gasteiger charge is -2.10. The molecule has 2 atom stereocenters. The fourth-order valence-electron chi connectivity index (χ4n) is 2.93. The lowest BCUT2D eigenvalue weighted by atomic mass is 10.1. The number of aryl methyl sites for hydroxylation is 2. The molecular formula is C14H18N2O. The third kappa shape index (κ3) is 1.84. The van der Waals surface area contributed by atoms with Crippen molar-refractivity contribution in [1.82, 2.24) is 10.6 Å². The summed E-state index contributed by atoms with van der Waals surface area (Å²) in [7, 11) is 0. The lowest BCUT2D eigenvalue weighted by Crippen LogP contribution is -2.32. The van der Waals surface area contributed by atoms with E-state index in [4.69, 9.17) is 0 Å². The smallest absolute Gasteiger partial charge is 0.251 e. The highest BCUT2D eigenvalue weighted by Gasteiger charge is 2.53. The van der Waals surface area contributed by atoms with Gasteiger partial charge in [-0.05, 0) is 37.3 Å². The van der Waals surface area contributed by atoms with Crippen LogP contribution in [0, 0.1) is 25.7 Å². The molecule has 0 bridgehead atoms. The van der Waals surface area contributed by atoms with Gasteiger partial charge in [-0.2, -0.15) is 0 Å². The van der Waals surface area contributed by atoms with Crippen molar-refractivity contribution >= 4 is 5.91 Å². The zero-order valence-electron chi connectivity index (χ0n) is 10.3. The summed E-state index contributed by atoms with van der Waals surface area (Å²) in [6.45, 7) is 6.16. The Morgan fingerprint density at radius 3 is 2.65 bits per heavy atom. The van der Waals surface area contributed by atoms with Crippen LogP contribution in [0.4, 0.5) is 0 Å². The maximum absolute atomic E-state index is 12.1. The van der Waals surface area contributed by atoms with Gasteiger partial charge in [0.05, 0.1) is 0 Å². The van der Waals surface area contributed by atoms with Gasteiger partial charge in [0.1, 0.15) is 0 Å². The van der Waals surface area contributed by atoms with Crippen LogP contribution in [-0.2, 0) is 0 Å². The molecule has 1 aliphatic heterocycles. The number of rotatable bonds is 2. The molecule has 3 rings (SSSR count). The second kappa shape index (κ2) is 3.84. The summed E-state index contributed by atoms with van der Waals surface area (Å²) in [6.07, 6.45) is 0. The fraction of sp³-hybridized carbons (Fsp3) is 0.500. The molecule has 3 nitrogen and oxygen atoms in total. The van der Waals surface area contributed by atoms with E-state index in [1.165, 1.54) is 5.56 Å². The van der Waals surface area contributed by atoms with E-state index in [-0.39, 0.29) is 5.91 Å². The summed E-state index contributed by atoms with van der Waals surface area (Å²) in [4.78, 5) is 12.1. The largest absolute Gasteiger partial charge is 0.349 e. The zero-order valence-corrected chi connectivity index (χ0v) is 10.3. The van der Waals surface area contributed by atoms with Crippen molar-refractivity contribution in [2.45, 2.75) is 19.9 Å². The highest BCUT2D eigenvalue weighted by atomic mass is 16.1. The molecule has 2 N–H and O–H groups in total. The van der Waals surface area contributed by atoms with Crippen molar-refractivity contribution in [2.24, 2.45) is 11.8 Å². The van der Waals surface area contributed by atoms with Gasteiger partial charge in [-0.25, -0.2) is 0 Å². The summed E-state index contributed by atoms with van der Waals surface area (Å²) >= 11 is 0. The van der Waals surface area contributed by atoms with Crippen LogP contribution in [0.3, 0.4) is 0 Å². The number of amides is 1. The number of carbonyl (C=O) groups is 1. The highest BCUT2D eigenvalue weighted by molar-refractivity contribution is 5.96. The van der Waals surface area contributed by atoms with Gasteiger partial charge in [0, 0.05) is 24.7 Å². The van der Waals surface area contributed by atoms with Gasteiger partial charge in [-0.3, -0.25) is 4.79 Å². The SMILES string of the molecule is Cc1ccc(C(=O)NC2C3CNCC32)c(C)c1. The number of hydrogen-bond donors (Lipinski definition) is 2. The van der Waals surface area contributed by atoms with Gasteiger partial charge in [-0.1, -0.05) is 17.7 Å². The molecule has 90 valence electrons. The fourth-order valence-corrected chi connectivity index (χ4v) is 2.93. The molecule has 1 saturated heterocycles. The van der Waals surface area contributed by atoms with Crippen molar-refractivity contribution < 1.29 is 4.79 Å². The van der Waals surface area contributed by atoms with Crippen molar-refractivity contribution in [3.8, 4) is 0 Å². The van der Waals surface area contributed by atoms with E-state index in [1.807, 2.05) is 26.0 Å². The first-order valence-corrected chi connectivity index (χ1v) is 6.25. The van der Waals surface area contributed by atoms with Gasteiger partial charge in [0.25, 0.3) is 5.91 Å². The normalized spacial score (nSPS) is 29.9. The highest BCUT2D eigenvalue weighted by Crippen LogP contribution is 2.41. The average Bonchev–Trinajstić information content (AvgIpc) is 2.74. The molecule has 2 aliphatic rings. The molecule has 0 aromatic heterocycles. The monoisotopic (exact) mass is 230 g/mol. The number of carbonyl (C=O) groups excluding carboxylic acids is 1. The minimum absolute atomic E-state index is 0.0851. The third-order valence-electron chi connectivity index (χ3n) is 4.02. The Labute approximate surface area is 102 Å².